The second kappa shape index (κ2) is 14.3. The van der Waals surface area contributed by atoms with E-state index in [1.165, 1.54) is 0 Å². The normalized spacial score (nSPS) is 14.8. The van der Waals surface area contributed by atoms with Gasteiger partial charge in [0.05, 0.1) is 31.1 Å². The van der Waals surface area contributed by atoms with E-state index in [1.54, 1.807) is 14.2 Å². The summed E-state index contributed by atoms with van der Waals surface area (Å²) in [5.74, 6) is 1.78. The monoisotopic (exact) mass is 557 g/mol. The summed E-state index contributed by atoms with van der Waals surface area (Å²) in [6.07, 6.45) is 5.28. The Morgan fingerprint density at radius 2 is 1.88 bits per heavy atom. The summed E-state index contributed by atoms with van der Waals surface area (Å²) >= 11 is 0. The van der Waals surface area contributed by atoms with Crippen LogP contribution in [0.25, 0.3) is 5.69 Å². The Balaban J connectivity index is 0.00000363. The average Bonchev–Trinajstić information content (AvgIpc) is 3.29. The van der Waals surface area contributed by atoms with E-state index in [-0.39, 0.29) is 24.0 Å². The van der Waals surface area contributed by atoms with E-state index in [1.807, 2.05) is 41.2 Å². The molecule has 178 valence electrons. The van der Waals surface area contributed by atoms with Crippen molar-refractivity contribution < 1.29 is 14.2 Å². The molecule has 8 nitrogen and oxygen atoms in total. The fourth-order valence-electron chi connectivity index (χ4n) is 3.59. The van der Waals surface area contributed by atoms with Gasteiger partial charge in [-0.25, -0.2) is 9.67 Å². The van der Waals surface area contributed by atoms with Crippen LogP contribution in [0.4, 0.5) is 0 Å². The van der Waals surface area contributed by atoms with Gasteiger partial charge in [-0.15, -0.1) is 24.0 Å². The lowest BCUT2D eigenvalue weighted by Gasteiger charge is -2.34. The number of nitrogens with one attached hydrogen (secondary N) is 1. The first-order valence-corrected chi connectivity index (χ1v) is 11.1. The van der Waals surface area contributed by atoms with E-state index in [9.17, 15) is 0 Å². The quantitative estimate of drug-likeness (QED) is 0.209. The van der Waals surface area contributed by atoms with Gasteiger partial charge in [-0.1, -0.05) is 0 Å². The van der Waals surface area contributed by atoms with Gasteiger partial charge in [-0.05, 0) is 56.5 Å². The summed E-state index contributed by atoms with van der Waals surface area (Å²) in [4.78, 5) is 7.15. The third-order valence-electron chi connectivity index (χ3n) is 5.29. The second-order valence-corrected chi connectivity index (χ2v) is 7.52. The van der Waals surface area contributed by atoms with E-state index >= 15 is 0 Å². The molecule has 32 heavy (non-hydrogen) atoms. The smallest absolute Gasteiger partial charge is 0.194 e. The number of halogens is 1. The number of ether oxygens (including phenoxy) is 3. The number of methoxy groups -OCH3 is 2. The fourth-order valence-corrected chi connectivity index (χ4v) is 3.59. The third-order valence-corrected chi connectivity index (χ3v) is 5.29. The summed E-state index contributed by atoms with van der Waals surface area (Å²) in [6, 6.07) is 9.86. The second-order valence-electron chi connectivity index (χ2n) is 7.52. The topological polar surface area (TPSA) is 73.1 Å². The molecule has 0 spiro atoms. The number of hydrogen-bond donors (Lipinski definition) is 1. The molecule has 0 aliphatic carbocycles. The minimum atomic E-state index is 0. The molecular weight excluding hydrogens is 521 g/mol. The van der Waals surface area contributed by atoms with Gasteiger partial charge in [0.1, 0.15) is 5.75 Å². The first-order chi connectivity index (χ1) is 15.2. The number of aliphatic imine (C=N–C) groups is 1. The lowest BCUT2D eigenvalue weighted by molar-refractivity contribution is 0.00990. The van der Waals surface area contributed by atoms with E-state index in [0.717, 1.165) is 75.2 Å². The number of aromatic nitrogens is 2. The van der Waals surface area contributed by atoms with Crippen LogP contribution in [-0.4, -0.2) is 73.8 Å². The Hall–Kier alpha value is -1.85. The number of hydrogen-bond acceptors (Lipinski definition) is 5. The summed E-state index contributed by atoms with van der Waals surface area (Å²) in [5.41, 5.74) is 1.93. The van der Waals surface area contributed by atoms with Crippen molar-refractivity contribution in [1.29, 1.82) is 0 Å². The van der Waals surface area contributed by atoms with Gasteiger partial charge in [0.15, 0.2) is 5.96 Å². The molecule has 2 aromatic rings. The summed E-state index contributed by atoms with van der Waals surface area (Å²) in [7, 11) is 3.39. The molecule has 0 bridgehead atoms. The summed E-state index contributed by atoms with van der Waals surface area (Å²) in [5, 5.41) is 8.08. The lowest BCUT2D eigenvalue weighted by atomic mass is 10.1. The molecule has 0 radical (unpaired) electrons. The van der Waals surface area contributed by atoms with Crippen LogP contribution < -0.4 is 10.1 Å². The van der Waals surface area contributed by atoms with E-state index in [2.05, 4.69) is 22.2 Å². The van der Waals surface area contributed by atoms with Crippen LogP contribution in [0.15, 0.2) is 41.5 Å². The van der Waals surface area contributed by atoms with Gasteiger partial charge in [0.25, 0.3) is 0 Å². The van der Waals surface area contributed by atoms with Crippen molar-refractivity contribution in [3.05, 3.63) is 42.2 Å². The van der Waals surface area contributed by atoms with Gasteiger partial charge in [-0.3, -0.25) is 0 Å². The zero-order valence-electron chi connectivity index (χ0n) is 19.3. The van der Waals surface area contributed by atoms with Crippen LogP contribution in [-0.2, 0) is 16.0 Å². The van der Waals surface area contributed by atoms with Crippen molar-refractivity contribution in [1.82, 2.24) is 20.0 Å². The molecule has 1 aliphatic heterocycles. The number of piperidine rings is 1. The van der Waals surface area contributed by atoms with Crippen LogP contribution in [0, 0.1) is 0 Å². The van der Waals surface area contributed by atoms with Crippen LogP contribution >= 0.6 is 24.0 Å². The molecule has 1 aromatic heterocycles. The molecule has 1 aromatic carbocycles. The first-order valence-electron chi connectivity index (χ1n) is 11.1. The number of nitrogens with zero attached hydrogens (tertiary/aromatic N) is 4. The predicted octanol–water partition coefficient (Wildman–Crippen LogP) is 3.48. The Bertz CT molecular complexity index is 804. The molecule has 0 atom stereocenters. The predicted molar refractivity (Wildman–Crippen MR) is 137 cm³/mol. The molecule has 3 rings (SSSR count). The van der Waals surface area contributed by atoms with Crippen molar-refractivity contribution in [3.63, 3.8) is 0 Å². The molecule has 1 N–H and O–H groups in total. The molecule has 0 unspecified atom stereocenters. The zero-order chi connectivity index (χ0) is 21.9. The maximum Gasteiger partial charge on any atom is 0.194 e. The van der Waals surface area contributed by atoms with Crippen LogP contribution in [0.5, 0.6) is 5.75 Å². The maximum absolute atomic E-state index is 5.97. The molecule has 1 saturated heterocycles. The molecule has 1 fully saturated rings. The van der Waals surface area contributed by atoms with Gasteiger partial charge < -0.3 is 24.4 Å². The largest absolute Gasteiger partial charge is 0.497 e. The fraction of sp³-hybridized carbons (Fsp3) is 0.565. The van der Waals surface area contributed by atoms with Crippen LogP contribution in [0.3, 0.4) is 0 Å². The number of guanidine groups is 1. The van der Waals surface area contributed by atoms with Crippen molar-refractivity contribution in [2.45, 2.75) is 38.8 Å². The van der Waals surface area contributed by atoms with E-state index in [4.69, 9.17) is 19.2 Å². The Kier molecular flexibility index (Phi) is 11.8. The van der Waals surface area contributed by atoms with E-state index < -0.39 is 0 Å². The molecule has 0 saturated carbocycles. The summed E-state index contributed by atoms with van der Waals surface area (Å²) in [6.45, 7) is 6.89. The first kappa shape index (κ1) is 26.4. The number of likely N-dealkylation sites (tertiary alicyclic amines) is 1. The van der Waals surface area contributed by atoms with Crippen molar-refractivity contribution in [2.75, 3.05) is 47.1 Å². The molecular formula is C23H36IN5O3. The van der Waals surface area contributed by atoms with Gasteiger partial charge in [0, 0.05) is 46.2 Å². The number of rotatable bonds is 10. The van der Waals surface area contributed by atoms with E-state index in [0.29, 0.717) is 12.6 Å². The van der Waals surface area contributed by atoms with Crippen LogP contribution in [0.1, 0.15) is 31.9 Å². The molecule has 9 heteroatoms. The van der Waals surface area contributed by atoms with Gasteiger partial charge in [-0.2, -0.15) is 5.10 Å². The average molecular weight is 557 g/mol. The molecule has 2 heterocycles. The Morgan fingerprint density at radius 1 is 1.12 bits per heavy atom. The Morgan fingerprint density at radius 3 is 2.53 bits per heavy atom. The van der Waals surface area contributed by atoms with Crippen LogP contribution in [0.2, 0.25) is 0 Å². The molecule has 0 amide bonds. The standard InChI is InChI=1S/C23H35N5O3.HI/c1-4-24-23(27-13-11-22(12-14-27)31-17-5-16-29-2)25-18-19-10-15-28(26-19)20-6-8-21(30-3)9-7-20;/h6-10,15,22H,4-5,11-14,16-18H2,1-3H3,(H,24,25);1H. The highest BCUT2D eigenvalue weighted by atomic mass is 127. The highest BCUT2D eigenvalue weighted by Gasteiger charge is 2.21. The SMILES string of the molecule is CCNC(=NCc1ccn(-c2ccc(OC)cc2)n1)N1CCC(OCCCOC)CC1.I. The highest BCUT2D eigenvalue weighted by molar-refractivity contribution is 14.0. The third kappa shape index (κ3) is 7.93. The van der Waals surface area contributed by atoms with Crippen molar-refractivity contribution in [2.24, 2.45) is 4.99 Å². The lowest BCUT2D eigenvalue weighted by Crippen LogP contribution is -2.47. The number of benzene rings is 1. The minimum Gasteiger partial charge on any atom is -0.497 e. The summed E-state index contributed by atoms with van der Waals surface area (Å²) < 4.78 is 18.1. The zero-order valence-corrected chi connectivity index (χ0v) is 21.7. The van der Waals surface area contributed by atoms with Crippen molar-refractivity contribution in [3.8, 4) is 11.4 Å². The van der Waals surface area contributed by atoms with Crippen molar-refractivity contribution >= 4 is 29.9 Å². The minimum absolute atomic E-state index is 0. The van der Waals surface area contributed by atoms with Gasteiger partial charge in [0.2, 0.25) is 0 Å². The highest BCUT2D eigenvalue weighted by Crippen LogP contribution is 2.16. The molecule has 1 aliphatic rings. The van der Waals surface area contributed by atoms with Gasteiger partial charge >= 0.3 is 0 Å². The maximum atomic E-state index is 5.97. The Labute approximate surface area is 208 Å².